The molecule has 134 valence electrons. The maximum Gasteiger partial charge on any atom is 0.341 e. The summed E-state index contributed by atoms with van der Waals surface area (Å²) in [5, 5.41) is 5.19. The molecule has 0 fully saturated rings. The average molecular weight is 354 g/mol. The highest BCUT2D eigenvalue weighted by Gasteiger charge is 2.20. The fraction of sp³-hybridized carbons (Fsp3) is 0.200. The van der Waals surface area contributed by atoms with Crippen molar-refractivity contribution in [2.75, 3.05) is 13.7 Å². The Balaban J connectivity index is 2.13. The average Bonchev–Trinajstić information content (AvgIpc) is 2.95. The molecule has 0 unspecified atom stereocenters. The summed E-state index contributed by atoms with van der Waals surface area (Å²) in [4.78, 5) is 12.2. The predicted molar refractivity (Wildman–Crippen MR) is 98.6 cm³/mol. The zero-order chi connectivity index (χ0) is 18.7. The summed E-state index contributed by atoms with van der Waals surface area (Å²) in [6.45, 7) is 2.03. The van der Waals surface area contributed by atoms with Gasteiger partial charge in [-0.15, -0.1) is 0 Å². The largest absolute Gasteiger partial charge is 0.495 e. The molecular weight excluding hydrogens is 335 g/mol. The van der Waals surface area contributed by atoms with E-state index in [1.807, 2.05) is 7.05 Å². The summed E-state index contributed by atoms with van der Waals surface area (Å²) >= 11 is 0. The number of carbonyl (C=O) groups is 1. The van der Waals surface area contributed by atoms with Gasteiger partial charge >= 0.3 is 5.97 Å². The Morgan fingerprint density at radius 1 is 1.27 bits per heavy atom. The fourth-order valence-corrected chi connectivity index (χ4v) is 2.84. The molecular formula is C20H19FN2O3. The third-order valence-electron chi connectivity index (χ3n) is 3.98. The first kappa shape index (κ1) is 17.7. The van der Waals surface area contributed by atoms with Crippen LogP contribution >= 0.6 is 0 Å². The van der Waals surface area contributed by atoms with E-state index in [0.29, 0.717) is 28.0 Å². The molecule has 0 saturated carbocycles. The second-order valence-corrected chi connectivity index (χ2v) is 5.66. The van der Waals surface area contributed by atoms with Crippen molar-refractivity contribution in [1.82, 2.24) is 9.78 Å². The van der Waals surface area contributed by atoms with Crippen LogP contribution in [0.4, 0.5) is 4.39 Å². The summed E-state index contributed by atoms with van der Waals surface area (Å²) in [5.74, 6) is -0.344. The zero-order valence-electron chi connectivity index (χ0n) is 14.8. The normalized spacial score (nSPS) is 11.2. The molecule has 0 aliphatic heterocycles. The van der Waals surface area contributed by atoms with E-state index in [1.54, 1.807) is 48.0 Å². The van der Waals surface area contributed by atoms with E-state index in [9.17, 15) is 9.18 Å². The molecule has 3 rings (SSSR count). The van der Waals surface area contributed by atoms with Crippen LogP contribution in [0.3, 0.4) is 0 Å². The number of esters is 1. The second-order valence-electron chi connectivity index (χ2n) is 5.66. The molecule has 0 spiro atoms. The van der Waals surface area contributed by atoms with Gasteiger partial charge in [0.15, 0.2) is 0 Å². The van der Waals surface area contributed by atoms with Gasteiger partial charge in [-0.05, 0) is 42.8 Å². The Morgan fingerprint density at radius 2 is 2.08 bits per heavy atom. The maximum absolute atomic E-state index is 13.4. The fourth-order valence-electron chi connectivity index (χ4n) is 2.84. The van der Waals surface area contributed by atoms with Crippen LogP contribution in [-0.2, 0) is 11.8 Å². The van der Waals surface area contributed by atoms with E-state index >= 15 is 0 Å². The highest BCUT2D eigenvalue weighted by Crippen LogP contribution is 2.33. The molecule has 1 heterocycles. The lowest BCUT2D eigenvalue weighted by Gasteiger charge is -2.09. The molecule has 6 heteroatoms. The number of nitrogens with zero attached hydrogens (tertiary/aromatic N) is 2. The quantitative estimate of drug-likeness (QED) is 0.648. The number of hydrogen-bond acceptors (Lipinski definition) is 4. The number of hydrogen-bond donors (Lipinski definition) is 0. The number of fused-ring (bicyclic) bond motifs is 1. The summed E-state index contributed by atoms with van der Waals surface area (Å²) in [6, 6.07) is 9.74. The van der Waals surface area contributed by atoms with Gasteiger partial charge < -0.3 is 9.47 Å². The number of carbonyl (C=O) groups excluding carboxylic acids is 1. The lowest BCUT2D eigenvalue weighted by atomic mass is 10.1. The molecule has 0 atom stereocenters. The molecule has 26 heavy (non-hydrogen) atoms. The van der Waals surface area contributed by atoms with E-state index in [1.165, 1.54) is 19.2 Å². The Kier molecular flexibility index (Phi) is 5.02. The van der Waals surface area contributed by atoms with Crippen LogP contribution in [-0.4, -0.2) is 29.5 Å². The standard InChI is InChI=1S/C20H19FN2O3/c1-4-26-20(24)15-9-11-17-18(19(15)25-3)16(22-23(17)2)10-8-13-6-5-7-14(21)12-13/h5-12H,4H2,1-3H3/b10-8+. The summed E-state index contributed by atoms with van der Waals surface area (Å²) < 4.78 is 25.7. The number of methoxy groups -OCH3 is 1. The number of rotatable bonds is 5. The predicted octanol–water partition coefficient (Wildman–Crippen LogP) is 4.07. The summed E-state index contributed by atoms with van der Waals surface area (Å²) in [5.41, 5.74) is 2.49. The van der Waals surface area contributed by atoms with Crippen LogP contribution < -0.4 is 4.74 Å². The third-order valence-corrected chi connectivity index (χ3v) is 3.98. The van der Waals surface area contributed by atoms with Gasteiger partial charge in [-0.2, -0.15) is 5.10 Å². The van der Waals surface area contributed by atoms with Crippen molar-refractivity contribution in [1.29, 1.82) is 0 Å². The van der Waals surface area contributed by atoms with Gasteiger partial charge in [0.2, 0.25) is 0 Å². The summed E-state index contributed by atoms with van der Waals surface area (Å²) in [6.07, 6.45) is 3.54. The number of benzene rings is 2. The number of ether oxygens (including phenoxy) is 2. The van der Waals surface area contributed by atoms with Crippen molar-refractivity contribution >= 4 is 29.0 Å². The maximum atomic E-state index is 13.4. The lowest BCUT2D eigenvalue weighted by molar-refractivity contribution is 0.0523. The van der Waals surface area contributed by atoms with Crippen molar-refractivity contribution in [3.05, 3.63) is 59.0 Å². The van der Waals surface area contributed by atoms with Crippen molar-refractivity contribution in [3.8, 4) is 5.75 Å². The first-order valence-electron chi connectivity index (χ1n) is 8.19. The van der Waals surface area contributed by atoms with Gasteiger partial charge in [0.05, 0.1) is 30.3 Å². The second kappa shape index (κ2) is 7.39. The van der Waals surface area contributed by atoms with Gasteiger partial charge in [-0.1, -0.05) is 18.2 Å². The van der Waals surface area contributed by atoms with E-state index in [2.05, 4.69) is 5.10 Å². The zero-order valence-corrected chi connectivity index (χ0v) is 14.8. The molecule has 2 aromatic carbocycles. The number of halogens is 1. The SMILES string of the molecule is CCOC(=O)c1ccc2c(c(/C=C/c3cccc(F)c3)nn2C)c1OC. The molecule has 5 nitrogen and oxygen atoms in total. The number of aromatic nitrogens is 2. The van der Waals surface area contributed by atoms with Gasteiger partial charge in [-0.25, -0.2) is 9.18 Å². The molecule has 0 N–H and O–H groups in total. The van der Waals surface area contributed by atoms with E-state index in [4.69, 9.17) is 9.47 Å². The van der Waals surface area contributed by atoms with Crippen LogP contribution in [0.5, 0.6) is 5.75 Å². The molecule has 1 aromatic heterocycles. The highest BCUT2D eigenvalue weighted by atomic mass is 19.1. The first-order valence-corrected chi connectivity index (χ1v) is 8.19. The van der Waals surface area contributed by atoms with Gasteiger partial charge in [-0.3, -0.25) is 4.68 Å². The smallest absolute Gasteiger partial charge is 0.341 e. The number of aryl methyl sites for hydroxylation is 1. The summed E-state index contributed by atoms with van der Waals surface area (Å²) in [7, 11) is 3.32. The Bertz CT molecular complexity index is 992. The van der Waals surface area contributed by atoms with Crippen LogP contribution in [0.15, 0.2) is 36.4 Å². The Morgan fingerprint density at radius 3 is 2.77 bits per heavy atom. The molecule has 0 saturated heterocycles. The highest BCUT2D eigenvalue weighted by molar-refractivity contribution is 6.03. The van der Waals surface area contributed by atoms with Crippen molar-refractivity contribution < 1.29 is 18.7 Å². The molecule has 0 bridgehead atoms. The minimum atomic E-state index is -0.449. The molecule has 0 amide bonds. The minimum absolute atomic E-state index is 0.277. The lowest BCUT2D eigenvalue weighted by Crippen LogP contribution is -2.07. The minimum Gasteiger partial charge on any atom is -0.495 e. The van der Waals surface area contributed by atoms with Crippen LogP contribution in [0.2, 0.25) is 0 Å². The molecule has 0 radical (unpaired) electrons. The topological polar surface area (TPSA) is 53.3 Å². The van der Waals surface area contributed by atoms with Gasteiger partial charge in [0.1, 0.15) is 17.1 Å². The van der Waals surface area contributed by atoms with Crippen molar-refractivity contribution in [2.45, 2.75) is 6.92 Å². The third kappa shape index (κ3) is 3.31. The Labute approximate surface area is 150 Å². The van der Waals surface area contributed by atoms with E-state index in [-0.39, 0.29) is 12.4 Å². The van der Waals surface area contributed by atoms with Gasteiger partial charge in [0, 0.05) is 7.05 Å². The van der Waals surface area contributed by atoms with Crippen molar-refractivity contribution in [3.63, 3.8) is 0 Å². The first-order chi connectivity index (χ1) is 12.5. The van der Waals surface area contributed by atoms with Crippen LogP contribution in [0.25, 0.3) is 23.1 Å². The molecule has 3 aromatic rings. The van der Waals surface area contributed by atoms with E-state index < -0.39 is 5.97 Å². The van der Waals surface area contributed by atoms with Gasteiger partial charge in [0.25, 0.3) is 0 Å². The Hall–Kier alpha value is -3.15. The monoisotopic (exact) mass is 354 g/mol. The van der Waals surface area contributed by atoms with E-state index in [0.717, 1.165) is 5.52 Å². The van der Waals surface area contributed by atoms with Crippen LogP contribution in [0, 0.1) is 5.82 Å². The molecule has 0 aliphatic carbocycles. The molecule has 0 aliphatic rings. The van der Waals surface area contributed by atoms with Crippen molar-refractivity contribution in [2.24, 2.45) is 7.05 Å². The van der Waals surface area contributed by atoms with Crippen LogP contribution in [0.1, 0.15) is 28.5 Å².